The van der Waals surface area contributed by atoms with Crippen molar-refractivity contribution in [2.45, 2.75) is 51.0 Å². The van der Waals surface area contributed by atoms with Crippen molar-refractivity contribution in [3.63, 3.8) is 0 Å². The first-order valence-corrected chi connectivity index (χ1v) is 5.69. The first-order chi connectivity index (χ1) is 6.83. The van der Waals surface area contributed by atoms with Gasteiger partial charge in [-0.15, -0.1) is 6.58 Å². The maximum absolute atomic E-state index is 11.4. The molecule has 1 fully saturated rings. The number of carbonyl (C=O) groups is 1. The molecule has 0 aromatic carbocycles. The van der Waals surface area contributed by atoms with Crippen molar-refractivity contribution in [3.05, 3.63) is 12.7 Å². The van der Waals surface area contributed by atoms with Crippen molar-refractivity contribution in [3.8, 4) is 0 Å². The topological polar surface area (TPSA) is 29.1 Å². The molecule has 2 heteroatoms. The normalized spacial score (nSPS) is 17.1. The van der Waals surface area contributed by atoms with E-state index in [0.29, 0.717) is 24.8 Å². The van der Waals surface area contributed by atoms with E-state index in [1.807, 2.05) is 6.08 Å². The van der Waals surface area contributed by atoms with E-state index in [1.165, 1.54) is 25.7 Å². The molecule has 14 heavy (non-hydrogen) atoms. The number of rotatable bonds is 7. The zero-order valence-electron chi connectivity index (χ0n) is 8.93. The van der Waals surface area contributed by atoms with E-state index in [-0.39, 0.29) is 0 Å². The lowest BCUT2D eigenvalue weighted by atomic mass is 10.1. The lowest BCUT2D eigenvalue weighted by molar-refractivity contribution is -0.118. The molecule has 0 bridgehead atoms. The number of allylic oxidation sites excluding steroid dienone is 1. The summed E-state index contributed by atoms with van der Waals surface area (Å²) >= 11 is 0. The second-order valence-corrected chi connectivity index (χ2v) is 4.08. The molecule has 0 radical (unpaired) electrons. The van der Waals surface area contributed by atoms with Crippen LogP contribution < -0.4 is 5.32 Å². The second kappa shape index (κ2) is 6.77. The van der Waals surface area contributed by atoms with Gasteiger partial charge >= 0.3 is 0 Å². The predicted molar refractivity (Wildman–Crippen MR) is 59.3 cm³/mol. The van der Waals surface area contributed by atoms with Crippen LogP contribution in [0.2, 0.25) is 0 Å². The van der Waals surface area contributed by atoms with Crippen LogP contribution in [0.4, 0.5) is 0 Å². The van der Waals surface area contributed by atoms with Crippen molar-refractivity contribution in [2.75, 3.05) is 6.54 Å². The molecule has 1 aliphatic rings. The van der Waals surface area contributed by atoms with E-state index < -0.39 is 0 Å². The van der Waals surface area contributed by atoms with E-state index in [9.17, 15) is 4.79 Å². The van der Waals surface area contributed by atoms with Gasteiger partial charge in [0.1, 0.15) is 5.78 Å². The van der Waals surface area contributed by atoms with Crippen LogP contribution in [-0.2, 0) is 4.79 Å². The fraction of sp³-hybridized carbons (Fsp3) is 0.750. The van der Waals surface area contributed by atoms with Gasteiger partial charge in [-0.05, 0) is 25.7 Å². The van der Waals surface area contributed by atoms with Crippen LogP contribution in [0.3, 0.4) is 0 Å². The van der Waals surface area contributed by atoms with Crippen LogP contribution in [0.15, 0.2) is 12.7 Å². The van der Waals surface area contributed by atoms with Gasteiger partial charge in [-0.1, -0.05) is 18.9 Å². The lowest BCUT2D eigenvalue weighted by Gasteiger charge is -2.10. The van der Waals surface area contributed by atoms with Gasteiger partial charge in [0.15, 0.2) is 0 Å². The Bertz CT molecular complexity index is 183. The Morgan fingerprint density at radius 1 is 1.43 bits per heavy atom. The van der Waals surface area contributed by atoms with Gasteiger partial charge in [0.05, 0.1) is 6.54 Å². The van der Waals surface area contributed by atoms with Crippen molar-refractivity contribution in [1.82, 2.24) is 5.32 Å². The standard InChI is InChI=1S/C12H21NO/c1-2-3-4-9-12(14)10-13-11-7-5-6-8-11/h2,11,13H,1,3-10H2. The Balaban J connectivity index is 1.99. The van der Waals surface area contributed by atoms with Gasteiger partial charge in [-0.3, -0.25) is 4.79 Å². The predicted octanol–water partition coefficient (Wildman–Crippen LogP) is 2.44. The van der Waals surface area contributed by atoms with Gasteiger partial charge < -0.3 is 5.32 Å². The highest BCUT2D eigenvalue weighted by Gasteiger charge is 2.14. The molecule has 80 valence electrons. The Kier molecular flexibility index (Phi) is 5.53. The number of Topliss-reactive ketones (excluding diaryl/α,β-unsaturated/α-hetero) is 1. The van der Waals surface area contributed by atoms with Crippen molar-refractivity contribution in [1.29, 1.82) is 0 Å². The number of nitrogens with one attached hydrogen (secondary N) is 1. The quantitative estimate of drug-likeness (QED) is 0.499. The first-order valence-electron chi connectivity index (χ1n) is 5.69. The number of ketones is 1. The fourth-order valence-corrected chi connectivity index (χ4v) is 1.92. The third kappa shape index (κ3) is 4.56. The minimum absolute atomic E-state index is 0.346. The monoisotopic (exact) mass is 195 g/mol. The summed E-state index contributed by atoms with van der Waals surface area (Å²) in [4.78, 5) is 11.4. The summed E-state index contributed by atoms with van der Waals surface area (Å²) in [7, 11) is 0. The van der Waals surface area contributed by atoms with E-state index in [1.54, 1.807) is 0 Å². The highest BCUT2D eigenvalue weighted by atomic mass is 16.1. The van der Waals surface area contributed by atoms with E-state index in [2.05, 4.69) is 11.9 Å². The van der Waals surface area contributed by atoms with Crippen molar-refractivity contribution >= 4 is 5.78 Å². The minimum atomic E-state index is 0.346. The molecule has 0 heterocycles. The van der Waals surface area contributed by atoms with Gasteiger partial charge in [0.25, 0.3) is 0 Å². The molecule has 0 aromatic rings. The maximum Gasteiger partial charge on any atom is 0.146 e. The second-order valence-electron chi connectivity index (χ2n) is 4.08. The molecule has 1 saturated carbocycles. The SMILES string of the molecule is C=CCCCC(=O)CNC1CCCC1. The first kappa shape index (κ1) is 11.4. The summed E-state index contributed by atoms with van der Waals surface area (Å²) in [6.45, 7) is 4.21. The minimum Gasteiger partial charge on any atom is -0.307 e. The molecule has 2 nitrogen and oxygen atoms in total. The van der Waals surface area contributed by atoms with Crippen LogP contribution in [0.1, 0.15) is 44.9 Å². The largest absolute Gasteiger partial charge is 0.307 e. The molecule has 0 unspecified atom stereocenters. The summed E-state index contributed by atoms with van der Waals surface area (Å²) in [5.74, 6) is 0.346. The number of unbranched alkanes of at least 4 members (excludes halogenated alkanes) is 1. The third-order valence-electron chi connectivity index (χ3n) is 2.81. The molecule has 0 aliphatic heterocycles. The third-order valence-corrected chi connectivity index (χ3v) is 2.81. The zero-order chi connectivity index (χ0) is 10.2. The molecular weight excluding hydrogens is 174 g/mol. The molecule has 1 aliphatic carbocycles. The van der Waals surface area contributed by atoms with Crippen LogP contribution in [-0.4, -0.2) is 18.4 Å². The number of hydrogen-bond donors (Lipinski definition) is 1. The molecule has 1 N–H and O–H groups in total. The molecular formula is C12H21NO. The van der Waals surface area contributed by atoms with Crippen molar-refractivity contribution < 1.29 is 4.79 Å². The Morgan fingerprint density at radius 3 is 2.79 bits per heavy atom. The smallest absolute Gasteiger partial charge is 0.146 e. The number of hydrogen-bond acceptors (Lipinski definition) is 2. The average Bonchev–Trinajstić information content (AvgIpc) is 2.68. The summed E-state index contributed by atoms with van der Waals surface area (Å²) in [5, 5.41) is 3.33. The highest BCUT2D eigenvalue weighted by Crippen LogP contribution is 2.17. The Labute approximate surface area is 86.8 Å². The Hall–Kier alpha value is -0.630. The molecule has 0 aromatic heterocycles. The van der Waals surface area contributed by atoms with E-state index in [4.69, 9.17) is 0 Å². The van der Waals surface area contributed by atoms with Crippen LogP contribution in [0, 0.1) is 0 Å². The summed E-state index contributed by atoms with van der Waals surface area (Å²) in [6, 6.07) is 0.610. The average molecular weight is 195 g/mol. The molecule has 0 saturated heterocycles. The van der Waals surface area contributed by atoms with E-state index >= 15 is 0 Å². The fourth-order valence-electron chi connectivity index (χ4n) is 1.92. The van der Waals surface area contributed by atoms with Gasteiger partial charge in [0, 0.05) is 12.5 Å². The van der Waals surface area contributed by atoms with Crippen LogP contribution in [0.25, 0.3) is 0 Å². The van der Waals surface area contributed by atoms with Gasteiger partial charge in [0.2, 0.25) is 0 Å². The Morgan fingerprint density at radius 2 is 2.14 bits per heavy atom. The lowest BCUT2D eigenvalue weighted by Crippen LogP contribution is -2.31. The van der Waals surface area contributed by atoms with Gasteiger partial charge in [-0.2, -0.15) is 0 Å². The zero-order valence-corrected chi connectivity index (χ0v) is 8.93. The summed E-state index contributed by atoms with van der Waals surface area (Å²) in [5.41, 5.74) is 0. The molecule has 0 amide bonds. The highest BCUT2D eigenvalue weighted by molar-refractivity contribution is 5.80. The van der Waals surface area contributed by atoms with Crippen LogP contribution in [0.5, 0.6) is 0 Å². The van der Waals surface area contributed by atoms with Crippen LogP contribution >= 0.6 is 0 Å². The van der Waals surface area contributed by atoms with Crippen molar-refractivity contribution in [2.24, 2.45) is 0 Å². The number of carbonyl (C=O) groups excluding carboxylic acids is 1. The maximum atomic E-state index is 11.4. The molecule has 0 spiro atoms. The molecule has 1 rings (SSSR count). The summed E-state index contributed by atoms with van der Waals surface area (Å²) in [6.07, 6.45) is 9.62. The van der Waals surface area contributed by atoms with Gasteiger partial charge in [-0.25, -0.2) is 0 Å². The van der Waals surface area contributed by atoms with E-state index in [0.717, 1.165) is 12.8 Å². The summed E-state index contributed by atoms with van der Waals surface area (Å²) < 4.78 is 0. The molecule has 0 atom stereocenters.